The number of halogens is 1. The van der Waals surface area contributed by atoms with Gasteiger partial charge in [0.05, 0.1) is 5.56 Å². The second-order valence-electron chi connectivity index (χ2n) is 6.53. The lowest BCUT2D eigenvalue weighted by molar-refractivity contribution is 0.102. The van der Waals surface area contributed by atoms with E-state index in [0.717, 1.165) is 11.3 Å². The summed E-state index contributed by atoms with van der Waals surface area (Å²) < 4.78 is 0. The number of hydrogen-bond acceptors (Lipinski definition) is 4. The van der Waals surface area contributed by atoms with Crippen molar-refractivity contribution in [3.8, 4) is 0 Å². The number of para-hydroxylation sites is 1. The molecule has 2 aromatic carbocycles. The summed E-state index contributed by atoms with van der Waals surface area (Å²) in [5.41, 5.74) is 3.99. The summed E-state index contributed by atoms with van der Waals surface area (Å²) in [4.78, 5) is 21.0. The molecule has 1 aromatic heterocycles. The van der Waals surface area contributed by atoms with Gasteiger partial charge in [-0.05, 0) is 42.2 Å². The summed E-state index contributed by atoms with van der Waals surface area (Å²) in [7, 11) is 0. The monoisotopic (exact) mass is 380 g/mol. The quantitative estimate of drug-likeness (QED) is 0.608. The molecule has 3 aromatic rings. The van der Waals surface area contributed by atoms with Crippen molar-refractivity contribution in [2.75, 3.05) is 10.6 Å². The number of nitrogens with zero attached hydrogens (tertiary/aromatic N) is 2. The second kappa shape index (κ2) is 8.18. The van der Waals surface area contributed by atoms with Gasteiger partial charge < -0.3 is 10.6 Å². The predicted molar refractivity (Wildman–Crippen MR) is 110 cm³/mol. The molecule has 5 nitrogen and oxygen atoms in total. The molecule has 0 bridgehead atoms. The van der Waals surface area contributed by atoms with E-state index in [4.69, 9.17) is 11.6 Å². The maximum atomic E-state index is 12.4. The summed E-state index contributed by atoms with van der Waals surface area (Å²) in [6, 6.07) is 13.4. The molecule has 6 heteroatoms. The fourth-order valence-electron chi connectivity index (χ4n) is 2.68. The highest BCUT2D eigenvalue weighted by atomic mass is 35.5. The minimum Gasteiger partial charge on any atom is -0.324 e. The normalized spacial score (nSPS) is 10.7. The standard InChI is InChI=1S/C21H21ClN4O/c1-13(2)16-7-4-5-9-19(16)26-21-23-11-15(12-24-21)20(27)25-18-10-6-8-17(22)14(18)3/h4-13H,1-3H3,(H,25,27)(H,23,24,26). The van der Waals surface area contributed by atoms with Gasteiger partial charge in [-0.15, -0.1) is 0 Å². The topological polar surface area (TPSA) is 66.9 Å². The molecule has 3 rings (SSSR count). The van der Waals surface area contributed by atoms with Gasteiger partial charge in [-0.1, -0.05) is 49.7 Å². The third-order valence-corrected chi connectivity index (χ3v) is 4.67. The summed E-state index contributed by atoms with van der Waals surface area (Å²) in [6.07, 6.45) is 3.01. The molecule has 1 amide bonds. The zero-order valence-electron chi connectivity index (χ0n) is 15.5. The molecule has 0 radical (unpaired) electrons. The largest absolute Gasteiger partial charge is 0.324 e. The van der Waals surface area contributed by atoms with Crippen LogP contribution in [0.15, 0.2) is 54.9 Å². The molecule has 138 valence electrons. The zero-order valence-corrected chi connectivity index (χ0v) is 16.2. The van der Waals surface area contributed by atoms with Crippen LogP contribution in [0.1, 0.15) is 41.3 Å². The Morgan fingerprint density at radius 3 is 2.37 bits per heavy atom. The molecule has 0 aliphatic heterocycles. The first-order valence-electron chi connectivity index (χ1n) is 8.70. The smallest absolute Gasteiger partial charge is 0.258 e. The highest BCUT2D eigenvalue weighted by Gasteiger charge is 2.11. The first-order chi connectivity index (χ1) is 13.0. The van der Waals surface area contributed by atoms with E-state index in [9.17, 15) is 4.79 Å². The van der Waals surface area contributed by atoms with Crippen LogP contribution in [-0.4, -0.2) is 15.9 Å². The van der Waals surface area contributed by atoms with Gasteiger partial charge in [0.15, 0.2) is 0 Å². The second-order valence-corrected chi connectivity index (χ2v) is 6.94. The molecule has 0 atom stereocenters. The minimum atomic E-state index is -0.283. The van der Waals surface area contributed by atoms with E-state index in [0.29, 0.717) is 28.1 Å². The van der Waals surface area contributed by atoms with Crippen LogP contribution in [0.4, 0.5) is 17.3 Å². The number of amides is 1. The number of benzene rings is 2. The Kier molecular flexibility index (Phi) is 5.72. The average molecular weight is 381 g/mol. The third-order valence-electron chi connectivity index (χ3n) is 4.26. The number of rotatable bonds is 5. The van der Waals surface area contributed by atoms with E-state index in [-0.39, 0.29) is 5.91 Å². The fourth-order valence-corrected chi connectivity index (χ4v) is 2.86. The molecule has 0 saturated carbocycles. The molecule has 0 spiro atoms. The Morgan fingerprint density at radius 1 is 1.00 bits per heavy atom. The summed E-state index contributed by atoms with van der Waals surface area (Å²) in [5.74, 6) is 0.535. The molecule has 0 aliphatic carbocycles. The van der Waals surface area contributed by atoms with Gasteiger partial charge in [-0.25, -0.2) is 9.97 Å². The van der Waals surface area contributed by atoms with Crippen LogP contribution in [0.25, 0.3) is 0 Å². The van der Waals surface area contributed by atoms with E-state index < -0.39 is 0 Å². The van der Waals surface area contributed by atoms with E-state index >= 15 is 0 Å². The van der Waals surface area contributed by atoms with Crippen LogP contribution in [0, 0.1) is 6.92 Å². The number of carbonyl (C=O) groups is 1. The van der Waals surface area contributed by atoms with Crippen molar-refractivity contribution in [2.24, 2.45) is 0 Å². The molecule has 0 unspecified atom stereocenters. The Morgan fingerprint density at radius 2 is 1.67 bits per heavy atom. The fraction of sp³-hybridized carbons (Fsp3) is 0.190. The van der Waals surface area contributed by atoms with Crippen molar-refractivity contribution in [3.05, 3.63) is 76.6 Å². The molecule has 0 fully saturated rings. The van der Waals surface area contributed by atoms with Crippen molar-refractivity contribution in [2.45, 2.75) is 26.7 Å². The van der Waals surface area contributed by atoms with Crippen molar-refractivity contribution < 1.29 is 4.79 Å². The first kappa shape index (κ1) is 18.9. The number of nitrogens with one attached hydrogen (secondary N) is 2. The molecular formula is C21H21ClN4O. The maximum Gasteiger partial charge on any atom is 0.258 e. The van der Waals surface area contributed by atoms with Crippen LogP contribution in [0.2, 0.25) is 5.02 Å². The first-order valence-corrected chi connectivity index (χ1v) is 9.08. The van der Waals surface area contributed by atoms with E-state index in [1.165, 1.54) is 18.0 Å². The Labute approximate surface area is 163 Å². The lowest BCUT2D eigenvalue weighted by Crippen LogP contribution is -2.14. The van der Waals surface area contributed by atoms with Gasteiger partial charge in [-0.3, -0.25) is 4.79 Å². The Balaban J connectivity index is 1.74. The van der Waals surface area contributed by atoms with Gasteiger partial charge in [0.1, 0.15) is 0 Å². The molecule has 1 heterocycles. The van der Waals surface area contributed by atoms with Crippen LogP contribution < -0.4 is 10.6 Å². The summed E-state index contributed by atoms with van der Waals surface area (Å²) in [5, 5.41) is 6.66. The number of carbonyl (C=O) groups excluding carboxylic acids is 1. The SMILES string of the molecule is Cc1c(Cl)cccc1NC(=O)c1cnc(Nc2ccccc2C(C)C)nc1. The highest BCUT2D eigenvalue weighted by Crippen LogP contribution is 2.26. The van der Waals surface area contributed by atoms with Crippen LogP contribution in [-0.2, 0) is 0 Å². The maximum absolute atomic E-state index is 12.4. The van der Waals surface area contributed by atoms with Gasteiger partial charge >= 0.3 is 0 Å². The van der Waals surface area contributed by atoms with Gasteiger partial charge in [0, 0.05) is 28.8 Å². The molecule has 0 aliphatic rings. The Bertz CT molecular complexity index is 955. The number of anilines is 3. The van der Waals surface area contributed by atoms with Crippen molar-refractivity contribution in [1.82, 2.24) is 9.97 Å². The van der Waals surface area contributed by atoms with Crippen LogP contribution in [0.3, 0.4) is 0 Å². The molecular weight excluding hydrogens is 360 g/mol. The van der Waals surface area contributed by atoms with E-state index in [1.807, 2.05) is 25.1 Å². The Hall–Kier alpha value is -2.92. The highest BCUT2D eigenvalue weighted by molar-refractivity contribution is 6.31. The van der Waals surface area contributed by atoms with E-state index in [1.54, 1.807) is 18.2 Å². The third kappa shape index (κ3) is 4.44. The van der Waals surface area contributed by atoms with Gasteiger partial charge in [0.2, 0.25) is 5.95 Å². The summed E-state index contributed by atoms with van der Waals surface area (Å²) in [6.45, 7) is 6.12. The average Bonchev–Trinajstić information content (AvgIpc) is 2.66. The number of hydrogen-bond donors (Lipinski definition) is 2. The van der Waals surface area contributed by atoms with Crippen LogP contribution >= 0.6 is 11.6 Å². The molecule has 0 saturated heterocycles. The summed E-state index contributed by atoms with van der Waals surface area (Å²) >= 11 is 6.09. The minimum absolute atomic E-state index is 0.283. The van der Waals surface area contributed by atoms with E-state index in [2.05, 4.69) is 40.5 Å². The zero-order chi connectivity index (χ0) is 19.4. The van der Waals surface area contributed by atoms with Crippen LogP contribution in [0.5, 0.6) is 0 Å². The predicted octanol–water partition coefficient (Wildman–Crippen LogP) is 5.56. The van der Waals surface area contributed by atoms with Crippen molar-refractivity contribution in [1.29, 1.82) is 0 Å². The lowest BCUT2D eigenvalue weighted by Gasteiger charge is -2.13. The molecule has 27 heavy (non-hydrogen) atoms. The van der Waals surface area contributed by atoms with Crippen molar-refractivity contribution >= 4 is 34.8 Å². The van der Waals surface area contributed by atoms with Gasteiger partial charge in [-0.2, -0.15) is 0 Å². The van der Waals surface area contributed by atoms with Gasteiger partial charge in [0.25, 0.3) is 5.91 Å². The number of aromatic nitrogens is 2. The molecule has 2 N–H and O–H groups in total. The van der Waals surface area contributed by atoms with Crippen molar-refractivity contribution in [3.63, 3.8) is 0 Å². The lowest BCUT2D eigenvalue weighted by atomic mass is 10.0.